The van der Waals surface area contributed by atoms with Crippen molar-refractivity contribution in [3.05, 3.63) is 17.5 Å². The van der Waals surface area contributed by atoms with Gasteiger partial charge < -0.3 is 10.7 Å². The number of piperidine rings is 1. The van der Waals surface area contributed by atoms with Crippen LogP contribution in [0, 0.1) is 0 Å². The van der Waals surface area contributed by atoms with Gasteiger partial charge in [0, 0.05) is 12.1 Å². The van der Waals surface area contributed by atoms with E-state index in [1.807, 2.05) is 22.4 Å². The number of amides is 1. The molecule has 124 valence electrons. The Bertz CT molecular complexity index is 659. The number of hydrogen-bond acceptors (Lipinski definition) is 6. The maximum atomic E-state index is 12.5. The largest absolute Gasteiger partial charge is 0.337 e. The number of thiophene rings is 1. The average molecular weight is 352 g/mol. The van der Waals surface area contributed by atoms with Gasteiger partial charge in [0.1, 0.15) is 0 Å². The lowest BCUT2D eigenvalue weighted by molar-refractivity contribution is -0.134. The van der Waals surface area contributed by atoms with Crippen LogP contribution in [0.15, 0.2) is 22.7 Å². The van der Waals surface area contributed by atoms with E-state index in [1.165, 1.54) is 22.9 Å². The highest BCUT2D eigenvalue weighted by molar-refractivity contribution is 7.99. The van der Waals surface area contributed by atoms with E-state index >= 15 is 0 Å². The molecule has 23 heavy (non-hydrogen) atoms. The molecular formula is C15H21N5OS2. The second-order valence-corrected chi connectivity index (χ2v) is 7.76. The van der Waals surface area contributed by atoms with Crippen LogP contribution in [-0.2, 0) is 4.79 Å². The first kappa shape index (κ1) is 16.3. The Morgan fingerprint density at radius 2 is 2.13 bits per heavy atom. The fourth-order valence-corrected chi connectivity index (χ4v) is 4.49. The molecule has 2 atom stereocenters. The third-order valence-corrected chi connectivity index (χ3v) is 6.01. The number of carbonyl (C=O) groups excluding carboxylic acids is 1. The summed E-state index contributed by atoms with van der Waals surface area (Å²) < 4.78 is 1.47. The summed E-state index contributed by atoms with van der Waals surface area (Å²) in [6.07, 6.45) is 3.35. The molecule has 2 aromatic heterocycles. The maximum absolute atomic E-state index is 12.5. The Balaban J connectivity index is 1.65. The van der Waals surface area contributed by atoms with Gasteiger partial charge in [0.25, 0.3) is 0 Å². The standard InChI is InChI=1S/C15H21N5OS2/c1-10-5-3-6-11(2)19(10)13(21)9-23-15-18-17-14(20(15)16)12-7-4-8-22-12/h4,7-8,10-11H,3,5-6,9,16H2,1-2H3/t10-,11-/m0/s1. The molecule has 2 aromatic rings. The van der Waals surface area contributed by atoms with E-state index in [2.05, 4.69) is 24.0 Å². The number of rotatable bonds is 4. The van der Waals surface area contributed by atoms with Crippen LogP contribution in [0.25, 0.3) is 10.7 Å². The number of hydrogen-bond donors (Lipinski definition) is 1. The lowest BCUT2D eigenvalue weighted by Gasteiger charge is -2.39. The molecule has 2 N–H and O–H groups in total. The quantitative estimate of drug-likeness (QED) is 0.677. The van der Waals surface area contributed by atoms with Gasteiger partial charge >= 0.3 is 0 Å². The lowest BCUT2D eigenvalue weighted by atomic mass is 9.98. The molecule has 0 aromatic carbocycles. The van der Waals surface area contributed by atoms with Gasteiger partial charge in [-0.2, -0.15) is 0 Å². The molecule has 0 bridgehead atoms. The van der Waals surface area contributed by atoms with Crippen molar-refractivity contribution in [2.24, 2.45) is 0 Å². The van der Waals surface area contributed by atoms with Crippen LogP contribution in [0.5, 0.6) is 0 Å². The molecule has 1 saturated heterocycles. The van der Waals surface area contributed by atoms with Crippen LogP contribution < -0.4 is 5.84 Å². The minimum atomic E-state index is 0.148. The van der Waals surface area contributed by atoms with E-state index in [0.717, 1.165) is 17.7 Å². The first-order chi connectivity index (χ1) is 11.1. The number of nitrogen functional groups attached to an aromatic ring is 1. The van der Waals surface area contributed by atoms with Gasteiger partial charge in [-0.3, -0.25) is 4.79 Å². The number of thioether (sulfide) groups is 1. The van der Waals surface area contributed by atoms with Crippen molar-refractivity contribution in [1.82, 2.24) is 19.8 Å². The zero-order valence-electron chi connectivity index (χ0n) is 13.3. The van der Waals surface area contributed by atoms with Gasteiger partial charge in [-0.05, 0) is 44.6 Å². The Morgan fingerprint density at radius 3 is 2.78 bits per heavy atom. The molecule has 0 radical (unpaired) electrons. The van der Waals surface area contributed by atoms with E-state index in [4.69, 9.17) is 5.84 Å². The zero-order chi connectivity index (χ0) is 16.4. The van der Waals surface area contributed by atoms with Crippen molar-refractivity contribution in [2.75, 3.05) is 11.6 Å². The topological polar surface area (TPSA) is 77.0 Å². The predicted octanol–water partition coefficient (Wildman–Crippen LogP) is 2.60. The maximum Gasteiger partial charge on any atom is 0.233 e. The third kappa shape index (κ3) is 3.37. The molecule has 6 nitrogen and oxygen atoms in total. The molecule has 3 heterocycles. The summed E-state index contributed by atoms with van der Waals surface area (Å²) >= 11 is 2.91. The number of aromatic nitrogens is 3. The molecule has 1 amide bonds. The highest BCUT2D eigenvalue weighted by Crippen LogP contribution is 2.27. The average Bonchev–Trinajstić information content (AvgIpc) is 3.14. The van der Waals surface area contributed by atoms with E-state index in [1.54, 1.807) is 11.3 Å². The van der Waals surface area contributed by atoms with E-state index in [9.17, 15) is 4.79 Å². The van der Waals surface area contributed by atoms with Crippen molar-refractivity contribution in [2.45, 2.75) is 50.4 Å². The molecule has 0 unspecified atom stereocenters. The minimum Gasteiger partial charge on any atom is -0.337 e. The Morgan fingerprint density at radius 1 is 1.39 bits per heavy atom. The Labute approximate surface area is 144 Å². The highest BCUT2D eigenvalue weighted by Gasteiger charge is 2.29. The zero-order valence-corrected chi connectivity index (χ0v) is 14.9. The van der Waals surface area contributed by atoms with Crippen LogP contribution in [-0.4, -0.2) is 43.5 Å². The van der Waals surface area contributed by atoms with Gasteiger partial charge in [0.05, 0.1) is 10.6 Å². The lowest BCUT2D eigenvalue weighted by Crippen LogP contribution is -2.48. The summed E-state index contributed by atoms with van der Waals surface area (Å²) in [7, 11) is 0. The van der Waals surface area contributed by atoms with Crippen LogP contribution >= 0.6 is 23.1 Å². The Kier molecular flexibility index (Phi) is 4.91. The minimum absolute atomic E-state index is 0.148. The van der Waals surface area contributed by atoms with Crippen molar-refractivity contribution >= 4 is 29.0 Å². The van der Waals surface area contributed by atoms with Crippen LogP contribution in [0.4, 0.5) is 0 Å². The molecule has 1 aliphatic heterocycles. The van der Waals surface area contributed by atoms with Crippen molar-refractivity contribution < 1.29 is 4.79 Å². The third-order valence-electron chi connectivity index (χ3n) is 4.21. The normalized spacial score (nSPS) is 21.6. The van der Waals surface area contributed by atoms with Gasteiger partial charge in [-0.15, -0.1) is 21.5 Å². The van der Waals surface area contributed by atoms with Gasteiger partial charge in [0.2, 0.25) is 11.1 Å². The van der Waals surface area contributed by atoms with Gasteiger partial charge in [-0.1, -0.05) is 17.8 Å². The van der Waals surface area contributed by atoms with Gasteiger partial charge in [0.15, 0.2) is 5.82 Å². The Hall–Kier alpha value is -1.54. The molecule has 0 spiro atoms. The van der Waals surface area contributed by atoms with Crippen molar-refractivity contribution in [1.29, 1.82) is 0 Å². The summed E-state index contributed by atoms with van der Waals surface area (Å²) in [5.41, 5.74) is 0. The summed E-state index contributed by atoms with van der Waals surface area (Å²) in [4.78, 5) is 15.5. The fraction of sp³-hybridized carbons (Fsp3) is 0.533. The summed E-state index contributed by atoms with van der Waals surface area (Å²) in [5.74, 6) is 7.19. The van der Waals surface area contributed by atoms with Crippen molar-refractivity contribution in [3.63, 3.8) is 0 Å². The predicted molar refractivity (Wildman–Crippen MR) is 93.8 cm³/mol. The second-order valence-electron chi connectivity index (χ2n) is 5.87. The highest BCUT2D eigenvalue weighted by atomic mass is 32.2. The van der Waals surface area contributed by atoms with Crippen molar-refractivity contribution in [3.8, 4) is 10.7 Å². The van der Waals surface area contributed by atoms with Crippen LogP contribution in [0.1, 0.15) is 33.1 Å². The van der Waals surface area contributed by atoms with E-state index < -0.39 is 0 Å². The number of carbonyl (C=O) groups is 1. The molecular weight excluding hydrogens is 330 g/mol. The number of likely N-dealkylation sites (tertiary alicyclic amines) is 1. The number of nitrogens with zero attached hydrogens (tertiary/aromatic N) is 4. The molecule has 0 saturated carbocycles. The van der Waals surface area contributed by atoms with Crippen LogP contribution in [0.3, 0.4) is 0 Å². The SMILES string of the molecule is C[C@H]1CCC[C@H](C)N1C(=O)CSc1nnc(-c2cccs2)n1N. The smallest absolute Gasteiger partial charge is 0.233 e. The fourth-order valence-electron chi connectivity index (χ4n) is 3.06. The van der Waals surface area contributed by atoms with E-state index in [0.29, 0.717) is 28.8 Å². The molecule has 1 fully saturated rings. The first-order valence-corrected chi connectivity index (χ1v) is 9.62. The monoisotopic (exact) mass is 351 g/mol. The summed E-state index contributed by atoms with van der Waals surface area (Å²) in [6.45, 7) is 4.25. The summed E-state index contributed by atoms with van der Waals surface area (Å²) in [5, 5.41) is 10.8. The molecule has 1 aliphatic rings. The number of nitrogens with two attached hydrogens (primary N) is 1. The van der Waals surface area contributed by atoms with E-state index in [-0.39, 0.29) is 5.91 Å². The summed E-state index contributed by atoms with van der Waals surface area (Å²) in [6, 6.07) is 4.52. The second kappa shape index (κ2) is 6.92. The molecule has 8 heteroatoms. The van der Waals surface area contributed by atoms with Crippen LogP contribution in [0.2, 0.25) is 0 Å². The molecule has 0 aliphatic carbocycles. The van der Waals surface area contributed by atoms with Gasteiger partial charge in [-0.25, -0.2) is 4.68 Å². The first-order valence-electron chi connectivity index (χ1n) is 7.76. The molecule has 3 rings (SSSR count).